The van der Waals surface area contributed by atoms with Gasteiger partial charge in [-0.2, -0.15) is 0 Å². The van der Waals surface area contributed by atoms with Crippen LogP contribution in [-0.4, -0.2) is 5.91 Å². The maximum Gasteiger partial charge on any atom is 0.221 e. The predicted octanol–water partition coefficient (Wildman–Crippen LogP) is 7.05. The van der Waals surface area contributed by atoms with E-state index in [0.29, 0.717) is 0 Å². The second-order valence-electron chi connectivity index (χ2n) is 7.37. The highest BCUT2D eigenvalue weighted by Gasteiger charge is 2.14. The molecule has 0 aromatic heterocycles. The number of hydrogen-bond donors (Lipinski definition) is 1. The Morgan fingerprint density at radius 3 is 1.82 bits per heavy atom. The van der Waals surface area contributed by atoms with Gasteiger partial charge in [-0.25, -0.2) is 0 Å². The molecule has 1 saturated carbocycles. The van der Waals surface area contributed by atoms with Crippen LogP contribution in [0.4, 0.5) is 5.69 Å². The summed E-state index contributed by atoms with van der Waals surface area (Å²) in [6.07, 6.45) is 7.12. The second kappa shape index (κ2) is 10.5. The number of carbonyl (C=O) groups excluding carboxylic acids is 1. The highest BCUT2D eigenvalue weighted by molar-refractivity contribution is 5.88. The van der Waals surface area contributed by atoms with Gasteiger partial charge in [0, 0.05) is 12.6 Å². The van der Waals surface area contributed by atoms with E-state index in [1.54, 1.807) is 5.56 Å². The molecule has 4 rings (SSSR count). The summed E-state index contributed by atoms with van der Waals surface area (Å²) < 4.78 is 0. The molecule has 1 aliphatic carbocycles. The lowest BCUT2D eigenvalue weighted by Gasteiger charge is -2.21. The highest BCUT2D eigenvalue weighted by Crippen LogP contribution is 2.32. The number of hydrogen-bond acceptors (Lipinski definition) is 1. The van der Waals surface area contributed by atoms with Gasteiger partial charge in [-0.15, -0.1) is 0 Å². The monoisotopic (exact) mass is 371 g/mol. The fourth-order valence-electron chi connectivity index (χ4n) is 3.74. The van der Waals surface area contributed by atoms with Gasteiger partial charge >= 0.3 is 0 Å². The molecule has 1 aliphatic rings. The summed E-state index contributed by atoms with van der Waals surface area (Å²) >= 11 is 0. The summed E-state index contributed by atoms with van der Waals surface area (Å²) in [5, 5.41) is 2.74. The molecule has 28 heavy (non-hydrogen) atoms. The molecule has 1 amide bonds. The van der Waals surface area contributed by atoms with Gasteiger partial charge in [0.25, 0.3) is 0 Å². The molecule has 0 saturated heterocycles. The lowest BCUT2D eigenvalue weighted by molar-refractivity contribution is -0.114. The van der Waals surface area contributed by atoms with Crippen LogP contribution in [0.1, 0.15) is 50.5 Å². The molecule has 0 spiro atoms. The van der Waals surface area contributed by atoms with E-state index in [-0.39, 0.29) is 5.91 Å². The summed E-state index contributed by atoms with van der Waals surface area (Å²) in [5.74, 6) is 0.812. The van der Waals surface area contributed by atoms with Crippen LogP contribution in [0.2, 0.25) is 0 Å². The average molecular weight is 372 g/mol. The molecule has 144 valence electrons. The molecule has 3 aromatic carbocycles. The zero-order valence-electron chi connectivity index (χ0n) is 16.6. The minimum Gasteiger partial charge on any atom is -0.326 e. The van der Waals surface area contributed by atoms with E-state index in [2.05, 4.69) is 47.8 Å². The first-order chi connectivity index (χ1) is 13.7. The lowest BCUT2D eigenvalue weighted by Crippen LogP contribution is -2.05. The minimum atomic E-state index is -0.0486. The van der Waals surface area contributed by atoms with Gasteiger partial charge in [-0.05, 0) is 47.6 Å². The van der Waals surface area contributed by atoms with E-state index in [0.717, 1.165) is 17.2 Å². The van der Waals surface area contributed by atoms with Crippen molar-refractivity contribution in [3.63, 3.8) is 0 Å². The minimum absolute atomic E-state index is 0.0486. The number of benzene rings is 3. The maximum absolute atomic E-state index is 10.9. The summed E-state index contributed by atoms with van der Waals surface area (Å²) in [6.45, 7) is 1.51. The SMILES string of the molecule is CC(=O)Nc1ccc(-c2ccccc2)cc1.c1ccc(C2CCCCC2)cc1. The molecular weight excluding hydrogens is 342 g/mol. The second-order valence-corrected chi connectivity index (χ2v) is 7.37. The third-order valence-corrected chi connectivity index (χ3v) is 5.19. The number of carbonyl (C=O) groups is 1. The third-order valence-electron chi connectivity index (χ3n) is 5.19. The molecule has 0 heterocycles. The molecule has 1 fully saturated rings. The number of nitrogens with one attached hydrogen (secondary N) is 1. The summed E-state index contributed by atoms with van der Waals surface area (Å²) in [7, 11) is 0. The quantitative estimate of drug-likeness (QED) is 0.525. The van der Waals surface area contributed by atoms with Gasteiger partial charge < -0.3 is 5.32 Å². The first-order valence-electron chi connectivity index (χ1n) is 10.2. The van der Waals surface area contributed by atoms with E-state index in [4.69, 9.17) is 0 Å². The molecule has 0 unspecified atom stereocenters. The highest BCUT2D eigenvalue weighted by atomic mass is 16.1. The molecular formula is C26H29NO. The Bertz CT molecular complexity index is 835. The van der Waals surface area contributed by atoms with Crippen molar-refractivity contribution in [2.45, 2.75) is 44.9 Å². The lowest BCUT2D eigenvalue weighted by atomic mass is 9.84. The molecule has 3 aromatic rings. The van der Waals surface area contributed by atoms with E-state index < -0.39 is 0 Å². The van der Waals surface area contributed by atoms with Crippen molar-refractivity contribution in [3.8, 4) is 11.1 Å². The molecule has 0 radical (unpaired) electrons. The zero-order valence-corrected chi connectivity index (χ0v) is 16.6. The van der Waals surface area contributed by atoms with E-state index >= 15 is 0 Å². The molecule has 1 N–H and O–H groups in total. The Labute approximate surface area is 168 Å². The fraction of sp³-hybridized carbons (Fsp3) is 0.269. The molecule has 0 bridgehead atoms. The summed E-state index contributed by atoms with van der Waals surface area (Å²) in [6, 6.07) is 28.9. The van der Waals surface area contributed by atoms with E-state index in [1.165, 1.54) is 44.6 Å². The van der Waals surface area contributed by atoms with Crippen LogP contribution in [0.25, 0.3) is 11.1 Å². The van der Waals surface area contributed by atoms with Crippen LogP contribution in [0.5, 0.6) is 0 Å². The number of amides is 1. The Kier molecular flexibility index (Phi) is 7.43. The third kappa shape index (κ3) is 6.09. The molecule has 2 heteroatoms. The van der Waals surface area contributed by atoms with Crippen LogP contribution < -0.4 is 5.32 Å². The Morgan fingerprint density at radius 1 is 0.714 bits per heavy atom. The van der Waals surface area contributed by atoms with Crippen molar-refractivity contribution in [2.24, 2.45) is 0 Å². The zero-order chi connectivity index (χ0) is 19.6. The standard InChI is InChI=1S/C14H13NO.C12H16/c1-11(16)15-14-9-7-13(8-10-14)12-5-3-2-4-6-12;1-3-7-11(8-4-1)12-9-5-2-6-10-12/h2-10H,1H3,(H,15,16);1,3-4,7-8,12H,2,5-6,9-10H2. The Morgan fingerprint density at radius 2 is 1.25 bits per heavy atom. The Balaban J connectivity index is 0.000000167. The van der Waals surface area contributed by atoms with Gasteiger partial charge in [0.2, 0.25) is 5.91 Å². The first kappa shape index (κ1) is 19.9. The van der Waals surface area contributed by atoms with Crippen molar-refractivity contribution >= 4 is 11.6 Å². The van der Waals surface area contributed by atoms with E-state index in [9.17, 15) is 4.79 Å². The Hall–Kier alpha value is -2.87. The van der Waals surface area contributed by atoms with Crippen LogP contribution in [0, 0.1) is 0 Å². The molecule has 0 atom stereocenters. The predicted molar refractivity (Wildman–Crippen MR) is 118 cm³/mol. The number of anilines is 1. The first-order valence-corrected chi connectivity index (χ1v) is 10.2. The van der Waals surface area contributed by atoms with Gasteiger partial charge in [-0.3, -0.25) is 4.79 Å². The number of rotatable bonds is 3. The smallest absolute Gasteiger partial charge is 0.221 e. The van der Waals surface area contributed by atoms with Gasteiger partial charge in [0.15, 0.2) is 0 Å². The van der Waals surface area contributed by atoms with Crippen LogP contribution >= 0.6 is 0 Å². The van der Waals surface area contributed by atoms with Crippen LogP contribution in [0.15, 0.2) is 84.9 Å². The maximum atomic E-state index is 10.9. The van der Waals surface area contributed by atoms with Crippen LogP contribution in [0.3, 0.4) is 0 Å². The van der Waals surface area contributed by atoms with Crippen molar-refractivity contribution < 1.29 is 4.79 Å². The van der Waals surface area contributed by atoms with Gasteiger partial charge in [0.05, 0.1) is 0 Å². The van der Waals surface area contributed by atoms with Crippen molar-refractivity contribution in [1.29, 1.82) is 0 Å². The van der Waals surface area contributed by atoms with E-state index in [1.807, 2.05) is 42.5 Å². The van der Waals surface area contributed by atoms with Crippen molar-refractivity contribution in [2.75, 3.05) is 5.32 Å². The average Bonchev–Trinajstić information content (AvgIpc) is 2.76. The molecule has 2 nitrogen and oxygen atoms in total. The fourth-order valence-corrected chi connectivity index (χ4v) is 3.74. The normalized spacial score (nSPS) is 13.9. The topological polar surface area (TPSA) is 29.1 Å². The van der Waals surface area contributed by atoms with Crippen molar-refractivity contribution in [1.82, 2.24) is 0 Å². The van der Waals surface area contributed by atoms with Crippen molar-refractivity contribution in [3.05, 3.63) is 90.5 Å². The van der Waals surface area contributed by atoms with Gasteiger partial charge in [0.1, 0.15) is 0 Å². The summed E-state index contributed by atoms with van der Waals surface area (Å²) in [5.41, 5.74) is 4.70. The van der Waals surface area contributed by atoms with Crippen LogP contribution in [-0.2, 0) is 4.79 Å². The molecule has 0 aliphatic heterocycles. The van der Waals surface area contributed by atoms with Gasteiger partial charge in [-0.1, -0.05) is 92.1 Å². The largest absolute Gasteiger partial charge is 0.326 e. The summed E-state index contributed by atoms with van der Waals surface area (Å²) in [4.78, 5) is 10.9.